The minimum absolute atomic E-state index is 0.325. The van der Waals surface area contributed by atoms with Gasteiger partial charge in [-0.1, -0.05) is 12.1 Å². The van der Waals surface area contributed by atoms with Gasteiger partial charge in [-0.05, 0) is 43.0 Å². The van der Waals surface area contributed by atoms with Crippen LogP contribution >= 0.6 is 0 Å². The number of aromatic nitrogens is 4. The van der Waals surface area contributed by atoms with E-state index < -0.39 is 5.97 Å². The maximum Gasteiger partial charge on any atom is 0.335 e. The fourth-order valence-electron chi connectivity index (χ4n) is 3.62. The predicted molar refractivity (Wildman–Crippen MR) is 100 cm³/mol. The highest BCUT2D eigenvalue weighted by molar-refractivity contribution is 5.87. The Morgan fingerprint density at radius 3 is 2.70 bits per heavy atom. The lowest BCUT2D eigenvalue weighted by atomic mass is 10.0. The molecular formula is C20H21N5O2. The van der Waals surface area contributed by atoms with E-state index in [0.29, 0.717) is 11.5 Å². The predicted octanol–water partition coefficient (Wildman–Crippen LogP) is 2.63. The van der Waals surface area contributed by atoms with Crippen molar-refractivity contribution in [2.45, 2.75) is 19.4 Å². The number of nitrogens with zero attached hydrogens (tertiary/aromatic N) is 4. The molecule has 1 aliphatic rings. The molecule has 2 N–H and O–H groups in total. The highest BCUT2D eigenvalue weighted by Crippen LogP contribution is 2.25. The van der Waals surface area contributed by atoms with Gasteiger partial charge in [0, 0.05) is 37.9 Å². The van der Waals surface area contributed by atoms with Crippen LogP contribution in [0.15, 0.2) is 49.1 Å². The Labute approximate surface area is 157 Å². The van der Waals surface area contributed by atoms with E-state index in [9.17, 15) is 4.79 Å². The number of imidazole rings is 1. The first kappa shape index (κ1) is 17.4. The smallest absolute Gasteiger partial charge is 0.335 e. The molecule has 1 atom stereocenters. The van der Waals surface area contributed by atoms with Crippen molar-refractivity contribution in [3.63, 3.8) is 0 Å². The van der Waals surface area contributed by atoms with Gasteiger partial charge < -0.3 is 10.1 Å². The number of H-pyrrole nitrogens is 1. The van der Waals surface area contributed by atoms with Gasteiger partial charge in [-0.25, -0.2) is 14.8 Å². The van der Waals surface area contributed by atoms with Crippen LogP contribution in [0.5, 0.6) is 0 Å². The van der Waals surface area contributed by atoms with Crippen LogP contribution in [0.25, 0.3) is 11.5 Å². The Balaban J connectivity index is 1.38. The Hall–Kier alpha value is -3.06. The van der Waals surface area contributed by atoms with Crippen LogP contribution in [-0.4, -0.2) is 49.0 Å². The average molecular weight is 363 g/mol. The molecule has 0 aliphatic carbocycles. The van der Waals surface area contributed by atoms with Gasteiger partial charge in [-0.15, -0.1) is 0 Å². The molecule has 2 aromatic heterocycles. The minimum Gasteiger partial charge on any atom is -0.478 e. The van der Waals surface area contributed by atoms with Crippen molar-refractivity contribution in [2.75, 3.05) is 13.1 Å². The summed E-state index contributed by atoms with van der Waals surface area (Å²) in [6.07, 6.45) is 8.93. The fraction of sp³-hybridized carbons (Fsp3) is 0.300. The summed E-state index contributed by atoms with van der Waals surface area (Å²) in [5, 5.41) is 9.00. The van der Waals surface area contributed by atoms with Crippen LogP contribution in [0.4, 0.5) is 0 Å². The molecule has 1 aliphatic heterocycles. The average Bonchev–Trinajstić information content (AvgIpc) is 3.35. The zero-order valence-electron chi connectivity index (χ0n) is 14.9. The van der Waals surface area contributed by atoms with E-state index in [1.807, 2.05) is 12.1 Å². The summed E-state index contributed by atoms with van der Waals surface area (Å²) < 4.78 is 0. The van der Waals surface area contributed by atoms with Crippen molar-refractivity contribution in [1.29, 1.82) is 0 Å². The lowest BCUT2D eigenvalue weighted by molar-refractivity contribution is 0.0697. The lowest BCUT2D eigenvalue weighted by Crippen LogP contribution is -2.21. The number of rotatable bonds is 6. The van der Waals surface area contributed by atoms with Gasteiger partial charge in [0.1, 0.15) is 5.69 Å². The standard InChI is InChI=1S/C20H21N5O2/c26-20(27)16-3-1-14(2-4-16)12-25-10-5-15(13-25)11-17-18(22-7-6-21-17)19-23-8-9-24-19/h1-4,6-9,15H,5,10-13H2,(H,23,24)(H,26,27)/t15-/m1/s1. The number of carboxylic acids is 1. The van der Waals surface area contributed by atoms with Gasteiger partial charge in [0.15, 0.2) is 5.82 Å². The van der Waals surface area contributed by atoms with Crippen LogP contribution in [0.2, 0.25) is 0 Å². The third-order valence-corrected chi connectivity index (χ3v) is 4.96. The number of nitrogens with one attached hydrogen (secondary N) is 1. The number of carbonyl (C=O) groups is 1. The SMILES string of the molecule is O=C(O)c1ccc(CN2CC[C@H](Cc3nccnc3-c3ncc[nH]3)C2)cc1. The van der Waals surface area contributed by atoms with Gasteiger partial charge >= 0.3 is 5.97 Å². The van der Waals surface area contributed by atoms with Crippen molar-refractivity contribution in [3.8, 4) is 11.5 Å². The van der Waals surface area contributed by atoms with E-state index in [-0.39, 0.29) is 0 Å². The molecule has 0 bridgehead atoms. The molecule has 3 heterocycles. The molecule has 0 spiro atoms. The molecule has 0 amide bonds. The van der Waals surface area contributed by atoms with Crippen molar-refractivity contribution < 1.29 is 9.90 Å². The van der Waals surface area contributed by atoms with Crippen molar-refractivity contribution >= 4 is 5.97 Å². The second-order valence-corrected chi connectivity index (χ2v) is 6.89. The summed E-state index contributed by atoms with van der Waals surface area (Å²) in [7, 11) is 0. The van der Waals surface area contributed by atoms with Crippen LogP contribution in [0, 0.1) is 5.92 Å². The maximum atomic E-state index is 11.0. The quantitative estimate of drug-likeness (QED) is 0.699. The molecule has 7 nitrogen and oxygen atoms in total. The first-order valence-electron chi connectivity index (χ1n) is 9.03. The van der Waals surface area contributed by atoms with E-state index >= 15 is 0 Å². The van der Waals surface area contributed by atoms with E-state index in [1.54, 1.807) is 36.9 Å². The molecule has 3 aromatic rings. The van der Waals surface area contributed by atoms with Crippen LogP contribution < -0.4 is 0 Å². The molecule has 4 rings (SSSR count). The van der Waals surface area contributed by atoms with Crippen molar-refractivity contribution in [3.05, 3.63) is 65.9 Å². The Morgan fingerprint density at radius 2 is 1.96 bits per heavy atom. The molecule has 0 unspecified atom stereocenters. The fourth-order valence-corrected chi connectivity index (χ4v) is 3.62. The molecule has 27 heavy (non-hydrogen) atoms. The van der Waals surface area contributed by atoms with Crippen molar-refractivity contribution in [1.82, 2.24) is 24.8 Å². The van der Waals surface area contributed by atoms with Crippen LogP contribution in [0.3, 0.4) is 0 Å². The zero-order chi connectivity index (χ0) is 18.6. The largest absolute Gasteiger partial charge is 0.478 e. The summed E-state index contributed by atoms with van der Waals surface area (Å²) in [6.45, 7) is 2.86. The normalized spacial score (nSPS) is 17.3. The first-order chi connectivity index (χ1) is 13.2. The van der Waals surface area contributed by atoms with Gasteiger partial charge in [-0.3, -0.25) is 9.88 Å². The summed E-state index contributed by atoms with van der Waals surface area (Å²) in [5.41, 5.74) is 3.26. The monoisotopic (exact) mass is 363 g/mol. The number of hydrogen-bond donors (Lipinski definition) is 2. The second kappa shape index (κ2) is 7.67. The maximum absolute atomic E-state index is 11.0. The molecule has 0 radical (unpaired) electrons. The molecule has 7 heteroatoms. The minimum atomic E-state index is -0.890. The Bertz CT molecular complexity index is 908. The summed E-state index contributed by atoms with van der Waals surface area (Å²) in [6, 6.07) is 7.13. The van der Waals surface area contributed by atoms with E-state index in [2.05, 4.69) is 24.8 Å². The molecule has 0 saturated carbocycles. The number of carboxylic acid groups (broad SMARTS) is 1. The summed E-state index contributed by atoms with van der Waals surface area (Å²) in [5.74, 6) is 0.388. The van der Waals surface area contributed by atoms with Gasteiger partial charge in [0.2, 0.25) is 0 Å². The highest BCUT2D eigenvalue weighted by atomic mass is 16.4. The summed E-state index contributed by atoms with van der Waals surface area (Å²) >= 11 is 0. The Morgan fingerprint density at radius 1 is 1.15 bits per heavy atom. The highest BCUT2D eigenvalue weighted by Gasteiger charge is 2.24. The molecule has 138 valence electrons. The Kier molecular flexibility index (Phi) is 4.93. The molecule has 1 saturated heterocycles. The number of likely N-dealkylation sites (tertiary alicyclic amines) is 1. The third kappa shape index (κ3) is 4.03. The molecular weight excluding hydrogens is 342 g/mol. The number of hydrogen-bond acceptors (Lipinski definition) is 5. The molecule has 1 aromatic carbocycles. The third-order valence-electron chi connectivity index (χ3n) is 4.96. The van der Waals surface area contributed by atoms with Crippen LogP contribution in [0.1, 0.15) is 28.0 Å². The number of aromatic amines is 1. The van der Waals surface area contributed by atoms with Gasteiger partial charge in [0.25, 0.3) is 0 Å². The van der Waals surface area contributed by atoms with Crippen LogP contribution in [-0.2, 0) is 13.0 Å². The van der Waals surface area contributed by atoms with E-state index in [4.69, 9.17) is 5.11 Å². The number of benzene rings is 1. The lowest BCUT2D eigenvalue weighted by Gasteiger charge is -2.16. The second-order valence-electron chi connectivity index (χ2n) is 6.89. The zero-order valence-corrected chi connectivity index (χ0v) is 14.9. The number of aromatic carboxylic acids is 1. The first-order valence-corrected chi connectivity index (χ1v) is 9.03. The van der Waals surface area contributed by atoms with E-state index in [1.165, 1.54) is 0 Å². The van der Waals surface area contributed by atoms with Gasteiger partial charge in [0.05, 0.1) is 11.3 Å². The van der Waals surface area contributed by atoms with E-state index in [0.717, 1.165) is 55.3 Å². The van der Waals surface area contributed by atoms with Gasteiger partial charge in [-0.2, -0.15) is 0 Å². The molecule has 1 fully saturated rings. The summed E-state index contributed by atoms with van der Waals surface area (Å²) in [4.78, 5) is 29.8. The topological polar surface area (TPSA) is 95.0 Å². The van der Waals surface area contributed by atoms with Crippen molar-refractivity contribution in [2.24, 2.45) is 5.92 Å².